The molecular formula is C16H20O4. The lowest BCUT2D eigenvalue weighted by molar-refractivity contribution is -0.163. The average molecular weight is 276 g/mol. The van der Waals surface area contributed by atoms with Crippen molar-refractivity contribution in [3.63, 3.8) is 0 Å². The first-order chi connectivity index (χ1) is 9.61. The summed E-state index contributed by atoms with van der Waals surface area (Å²) >= 11 is 0. The molecule has 1 aliphatic rings. The van der Waals surface area contributed by atoms with E-state index in [4.69, 9.17) is 4.74 Å². The van der Waals surface area contributed by atoms with Gasteiger partial charge in [0, 0.05) is 0 Å². The molecule has 0 spiro atoms. The van der Waals surface area contributed by atoms with Gasteiger partial charge in [-0.3, -0.25) is 9.59 Å². The second-order valence-electron chi connectivity index (χ2n) is 5.30. The summed E-state index contributed by atoms with van der Waals surface area (Å²) in [5.41, 5.74) is -1.06. The molecule has 1 fully saturated rings. The molecule has 1 aromatic rings. The van der Waals surface area contributed by atoms with Crippen LogP contribution in [0.1, 0.15) is 38.2 Å². The number of carboxylic acid groups (broad SMARTS) is 1. The Bertz CT molecular complexity index is 479. The van der Waals surface area contributed by atoms with Gasteiger partial charge in [-0.1, -0.05) is 49.6 Å². The second kappa shape index (κ2) is 6.07. The van der Waals surface area contributed by atoms with E-state index in [1.807, 2.05) is 6.07 Å². The van der Waals surface area contributed by atoms with Crippen molar-refractivity contribution in [3.05, 3.63) is 35.9 Å². The van der Waals surface area contributed by atoms with Crippen LogP contribution in [0.4, 0.5) is 0 Å². The predicted octanol–water partition coefficient (Wildman–Crippen LogP) is 2.76. The maximum atomic E-state index is 12.4. The van der Waals surface area contributed by atoms with Gasteiger partial charge in [0.25, 0.3) is 0 Å². The third kappa shape index (κ3) is 2.55. The van der Waals surface area contributed by atoms with Crippen molar-refractivity contribution in [3.8, 4) is 0 Å². The van der Waals surface area contributed by atoms with Gasteiger partial charge in [-0.25, -0.2) is 0 Å². The number of benzene rings is 1. The van der Waals surface area contributed by atoms with Crippen LogP contribution >= 0.6 is 0 Å². The van der Waals surface area contributed by atoms with Gasteiger partial charge in [-0.05, 0) is 24.8 Å². The number of carbonyl (C=O) groups excluding carboxylic acids is 1. The largest absolute Gasteiger partial charge is 0.480 e. The van der Waals surface area contributed by atoms with Crippen molar-refractivity contribution < 1.29 is 19.4 Å². The van der Waals surface area contributed by atoms with Gasteiger partial charge in [-0.2, -0.15) is 0 Å². The maximum absolute atomic E-state index is 12.4. The van der Waals surface area contributed by atoms with Gasteiger partial charge in [0.15, 0.2) is 5.41 Å². The van der Waals surface area contributed by atoms with E-state index >= 15 is 0 Å². The van der Waals surface area contributed by atoms with Crippen LogP contribution in [0.25, 0.3) is 0 Å². The number of esters is 1. The molecule has 1 saturated carbocycles. The van der Waals surface area contributed by atoms with Crippen molar-refractivity contribution >= 4 is 11.9 Å². The Morgan fingerprint density at radius 2 is 1.95 bits per heavy atom. The smallest absolute Gasteiger partial charge is 0.328 e. The predicted molar refractivity (Wildman–Crippen MR) is 74.3 cm³/mol. The van der Waals surface area contributed by atoms with Crippen LogP contribution in [-0.4, -0.2) is 23.7 Å². The molecule has 20 heavy (non-hydrogen) atoms. The van der Waals surface area contributed by atoms with Crippen LogP contribution in [0.2, 0.25) is 0 Å². The highest BCUT2D eigenvalue weighted by Crippen LogP contribution is 2.40. The number of hydrogen-bond donors (Lipinski definition) is 1. The quantitative estimate of drug-likeness (QED) is 0.641. The number of rotatable bonds is 6. The molecule has 1 aromatic carbocycles. The minimum absolute atomic E-state index is 0.186. The maximum Gasteiger partial charge on any atom is 0.328 e. The SMILES string of the molecule is CCOC(=O)C(CC1CCC1)(C(=O)O)c1ccccc1. The summed E-state index contributed by atoms with van der Waals surface area (Å²) in [6.07, 6.45) is 3.41. The van der Waals surface area contributed by atoms with E-state index in [0.29, 0.717) is 12.0 Å². The van der Waals surface area contributed by atoms with E-state index < -0.39 is 17.4 Å². The van der Waals surface area contributed by atoms with Crippen LogP contribution < -0.4 is 0 Å². The molecule has 0 aromatic heterocycles. The zero-order chi connectivity index (χ0) is 14.6. The monoisotopic (exact) mass is 276 g/mol. The number of ether oxygens (including phenoxy) is 1. The molecule has 2 rings (SSSR count). The van der Waals surface area contributed by atoms with Crippen LogP contribution in [-0.2, 0) is 19.7 Å². The lowest BCUT2D eigenvalue weighted by Crippen LogP contribution is -2.47. The topological polar surface area (TPSA) is 63.6 Å². The van der Waals surface area contributed by atoms with E-state index in [-0.39, 0.29) is 12.5 Å². The molecule has 108 valence electrons. The standard InChI is InChI=1S/C16H20O4/c1-2-20-15(19)16(14(17)18,11-12-7-6-8-12)13-9-4-3-5-10-13/h3-5,9-10,12H,2,6-8,11H2,1H3,(H,17,18). The van der Waals surface area contributed by atoms with Crippen molar-refractivity contribution in [2.75, 3.05) is 6.61 Å². The summed E-state index contributed by atoms with van der Waals surface area (Å²) < 4.78 is 5.07. The fourth-order valence-corrected chi connectivity index (χ4v) is 2.72. The molecule has 0 saturated heterocycles. The second-order valence-corrected chi connectivity index (χ2v) is 5.30. The summed E-state index contributed by atoms with van der Waals surface area (Å²) in [5.74, 6) is -1.48. The van der Waals surface area contributed by atoms with Gasteiger partial charge in [0.05, 0.1) is 6.61 Å². The zero-order valence-corrected chi connectivity index (χ0v) is 11.7. The van der Waals surface area contributed by atoms with Gasteiger partial charge in [0.2, 0.25) is 0 Å². The summed E-state index contributed by atoms with van der Waals surface area (Å²) in [4.78, 5) is 24.3. The van der Waals surface area contributed by atoms with Gasteiger partial charge >= 0.3 is 11.9 Å². The fourth-order valence-electron chi connectivity index (χ4n) is 2.72. The van der Waals surface area contributed by atoms with Crippen molar-refractivity contribution in [2.24, 2.45) is 5.92 Å². The molecule has 1 N–H and O–H groups in total. The van der Waals surface area contributed by atoms with E-state index in [9.17, 15) is 14.7 Å². The first kappa shape index (κ1) is 14.6. The molecule has 4 heteroatoms. The lowest BCUT2D eigenvalue weighted by atomic mass is 9.68. The number of hydrogen-bond acceptors (Lipinski definition) is 3. The molecule has 4 nitrogen and oxygen atoms in total. The molecule has 0 bridgehead atoms. The summed E-state index contributed by atoms with van der Waals surface area (Å²) in [6, 6.07) is 8.72. The molecule has 0 radical (unpaired) electrons. The van der Waals surface area contributed by atoms with E-state index in [1.54, 1.807) is 31.2 Å². The van der Waals surface area contributed by atoms with Gasteiger partial charge in [-0.15, -0.1) is 0 Å². The molecule has 1 unspecified atom stereocenters. The van der Waals surface area contributed by atoms with Crippen molar-refractivity contribution in [1.82, 2.24) is 0 Å². The van der Waals surface area contributed by atoms with Crippen molar-refractivity contribution in [2.45, 2.75) is 38.0 Å². The Labute approximate surface area is 118 Å². The van der Waals surface area contributed by atoms with Gasteiger partial charge in [0.1, 0.15) is 0 Å². The number of carbonyl (C=O) groups is 2. The third-order valence-corrected chi connectivity index (χ3v) is 4.08. The highest BCUT2D eigenvalue weighted by atomic mass is 16.5. The fraction of sp³-hybridized carbons (Fsp3) is 0.500. The van der Waals surface area contributed by atoms with E-state index in [2.05, 4.69) is 0 Å². The Hall–Kier alpha value is -1.84. The summed E-state index contributed by atoms with van der Waals surface area (Å²) in [7, 11) is 0. The summed E-state index contributed by atoms with van der Waals surface area (Å²) in [6.45, 7) is 1.88. The van der Waals surface area contributed by atoms with E-state index in [1.165, 1.54) is 0 Å². The van der Waals surface area contributed by atoms with Crippen LogP contribution in [0.5, 0.6) is 0 Å². The highest BCUT2D eigenvalue weighted by Gasteiger charge is 2.51. The molecule has 1 atom stereocenters. The highest BCUT2D eigenvalue weighted by molar-refractivity contribution is 6.05. The molecule has 0 amide bonds. The van der Waals surface area contributed by atoms with Crippen LogP contribution in [0, 0.1) is 5.92 Å². The summed E-state index contributed by atoms with van der Waals surface area (Å²) in [5, 5.41) is 9.74. The Kier molecular flexibility index (Phi) is 4.42. The third-order valence-electron chi connectivity index (χ3n) is 4.08. The molecule has 0 heterocycles. The average Bonchev–Trinajstić information content (AvgIpc) is 2.39. The van der Waals surface area contributed by atoms with Crippen LogP contribution in [0.3, 0.4) is 0 Å². The van der Waals surface area contributed by atoms with Gasteiger partial charge < -0.3 is 9.84 Å². The first-order valence-electron chi connectivity index (χ1n) is 7.07. The Balaban J connectivity index is 2.42. The number of aliphatic carboxylic acids is 1. The normalized spacial score (nSPS) is 17.9. The minimum Gasteiger partial charge on any atom is -0.480 e. The first-order valence-corrected chi connectivity index (χ1v) is 7.07. The number of carboxylic acids is 1. The Morgan fingerprint density at radius 1 is 1.30 bits per heavy atom. The zero-order valence-electron chi connectivity index (χ0n) is 11.7. The van der Waals surface area contributed by atoms with E-state index in [0.717, 1.165) is 19.3 Å². The molecule has 0 aliphatic heterocycles. The lowest BCUT2D eigenvalue weighted by Gasteiger charge is -2.35. The minimum atomic E-state index is -1.57. The molecular weight excluding hydrogens is 256 g/mol. The Morgan fingerprint density at radius 3 is 2.40 bits per heavy atom. The molecule has 1 aliphatic carbocycles. The van der Waals surface area contributed by atoms with Crippen molar-refractivity contribution in [1.29, 1.82) is 0 Å². The van der Waals surface area contributed by atoms with Crippen LogP contribution in [0.15, 0.2) is 30.3 Å².